The second-order valence-corrected chi connectivity index (χ2v) is 7.97. The van der Waals surface area contributed by atoms with Crippen molar-refractivity contribution in [3.8, 4) is 11.8 Å². The number of nitrogens with zero attached hydrogens (tertiary/aromatic N) is 2. The van der Waals surface area contributed by atoms with Gasteiger partial charge < -0.3 is 15.0 Å². The largest absolute Gasteiger partial charge is 0.497 e. The van der Waals surface area contributed by atoms with Crippen LogP contribution in [0.3, 0.4) is 0 Å². The van der Waals surface area contributed by atoms with Gasteiger partial charge in [-0.1, -0.05) is 6.08 Å². The van der Waals surface area contributed by atoms with E-state index in [0.717, 1.165) is 23.4 Å². The highest BCUT2D eigenvalue weighted by Crippen LogP contribution is 2.40. The van der Waals surface area contributed by atoms with Crippen LogP contribution < -0.4 is 15.0 Å². The second-order valence-electron chi connectivity index (χ2n) is 7.97. The topological polar surface area (TPSA) is 65.4 Å². The highest BCUT2D eigenvalue weighted by atomic mass is 19.1. The molecule has 0 saturated carbocycles. The van der Waals surface area contributed by atoms with Crippen molar-refractivity contribution in [1.82, 2.24) is 0 Å². The molecule has 1 aliphatic rings. The standard InChI is InChI=1S/C25H26FN3O2/c1-6-29-23-13-22(26)17(12-21(23)16(2)14-25(29,3)4)11-18(15-27)24(30)28-19-7-9-20(31-5)10-8-19/h7-14H,6H2,1-5H3,(H,28,30)/b18-11+. The Morgan fingerprint density at radius 3 is 2.55 bits per heavy atom. The fourth-order valence-corrected chi connectivity index (χ4v) is 3.98. The first-order chi connectivity index (χ1) is 14.7. The van der Waals surface area contributed by atoms with Crippen LogP contribution in [-0.4, -0.2) is 25.1 Å². The van der Waals surface area contributed by atoms with E-state index in [1.54, 1.807) is 37.4 Å². The lowest BCUT2D eigenvalue weighted by Gasteiger charge is -2.42. The second kappa shape index (κ2) is 8.65. The van der Waals surface area contributed by atoms with Crippen LogP contribution in [0, 0.1) is 17.1 Å². The lowest BCUT2D eigenvalue weighted by molar-refractivity contribution is -0.112. The number of nitrogens with one attached hydrogen (secondary N) is 1. The van der Waals surface area contributed by atoms with Gasteiger partial charge in [-0.25, -0.2) is 4.39 Å². The minimum atomic E-state index is -0.603. The number of hydrogen-bond donors (Lipinski definition) is 1. The molecule has 1 N–H and O–H groups in total. The summed E-state index contributed by atoms with van der Waals surface area (Å²) in [4.78, 5) is 14.7. The molecule has 1 aliphatic heterocycles. The van der Waals surface area contributed by atoms with Crippen molar-refractivity contribution in [1.29, 1.82) is 5.26 Å². The molecule has 2 aromatic carbocycles. The average Bonchev–Trinajstić information content (AvgIpc) is 2.72. The summed E-state index contributed by atoms with van der Waals surface area (Å²) >= 11 is 0. The summed E-state index contributed by atoms with van der Waals surface area (Å²) in [6, 6.07) is 11.8. The molecule has 0 bridgehead atoms. The molecule has 0 aromatic heterocycles. The van der Waals surface area contributed by atoms with Gasteiger partial charge >= 0.3 is 0 Å². The molecule has 160 valence electrons. The number of hydrogen-bond acceptors (Lipinski definition) is 4. The van der Waals surface area contributed by atoms with Gasteiger partial charge in [-0.2, -0.15) is 5.26 Å². The number of likely N-dealkylation sites (N-methyl/N-ethyl adjacent to an activating group) is 1. The lowest BCUT2D eigenvalue weighted by Crippen LogP contribution is -2.45. The third-order valence-electron chi connectivity index (χ3n) is 5.43. The van der Waals surface area contributed by atoms with Crippen LogP contribution in [0.25, 0.3) is 11.6 Å². The zero-order chi connectivity index (χ0) is 22.8. The number of carbonyl (C=O) groups excluding carboxylic acids is 1. The van der Waals surface area contributed by atoms with E-state index in [1.807, 2.05) is 19.9 Å². The first-order valence-corrected chi connectivity index (χ1v) is 10.1. The van der Waals surface area contributed by atoms with Crippen molar-refractivity contribution in [2.75, 3.05) is 23.9 Å². The van der Waals surface area contributed by atoms with Crippen molar-refractivity contribution in [2.45, 2.75) is 33.2 Å². The minimum absolute atomic E-state index is 0.181. The highest BCUT2D eigenvalue weighted by molar-refractivity contribution is 6.09. The molecule has 0 aliphatic carbocycles. The summed E-state index contributed by atoms with van der Waals surface area (Å²) in [7, 11) is 1.55. The summed E-state index contributed by atoms with van der Waals surface area (Å²) < 4.78 is 20.1. The Hall–Kier alpha value is -3.59. The number of rotatable bonds is 5. The maximum absolute atomic E-state index is 15.0. The van der Waals surface area contributed by atoms with Crippen molar-refractivity contribution in [3.05, 3.63) is 65.0 Å². The van der Waals surface area contributed by atoms with Crippen LogP contribution in [0.1, 0.15) is 38.8 Å². The van der Waals surface area contributed by atoms with E-state index >= 15 is 0 Å². The number of anilines is 2. The summed E-state index contributed by atoms with van der Waals surface area (Å²) in [5.41, 5.74) is 3.03. The fourth-order valence-electron chi connectivity index (χ4n) is 3.98. The number of fused-ring (bicyclic) bond motifs is 1. The van der Waals surface area contributed by atoms with E-state index in [0.29, 0.717) is 11.4 Å². The quantitative estimate of drug-likeness (QED) is 0.520. The summed E-state index contributed by atoms with van der Waals surface area (Å²) in [5, 5.41) is 12.2. The van der Waals surface area contributed by atoms with Crippen molar-refractivity contribution in [2.24, 2.45) is 0 Å². The van der Waals surface area contributed by atoms with Gasteiger partial charge in [0, 0.05) is 29.0 Å². The molecular weight excluding hydrogens is 393 g/mol. The van der Waals surface area contributed by atoms with Crippen molar-refractivity contribution in [3.63, 3.8) is 0 Å². The Labute approximate surface area is 182 Å². The zero-order valence-corrected chi connectivity index (χ0v) is 18.4. The Kier molecular flexibility index (Phi) is 6.16. The van der Waals surface area contributed by atoms with Gasteiger partial charge in [0.05, 0.1) is 12.6 Å². The molecule has 1 heterocycles. The number of methoxy groups -OCH3 is 1. The van der Waals surface area contributed by atoms with Gasteiger partial charge in [0.2, 0.25) is 0 Å². The van der Waals surface area contributed by atoms with Crippen molar-refractivity contribution >= 4 is 28.9 Å². The Morgan fingerprint density at radius 2 is 1.97 bits per heavy atom. The molecule has 5 nitrogen and oxygen atoms in total. The first-order valence-electron chi connectivity index (χ1n) is 10.1. The van der Waals surface area contributed by atoms with Crippen LogP contribution in [-0.2, 0) is 4.79 Å². The third-order valence-corrected chi connectivity index (χ3v) is 5.43. The van der Waals surface area contributed by atoms with Crippen LogP contribution in [0.2, 0.25) is 0 Å². The number of carbonyl (C=O) groups is 1. The Bertz CT molecular complexity index is 1110. The predicted octanol–water partition coefficient (Wildman–Crippen LogP) is 5.40. The highest BCUT2D eigenvalue weighted by Gasteiger charge is 2.31. The van der Waals surface area contributed by atoms with Gasteiger partial charge in [-0.15, -0.1) is 0 Å². The van der Waals surface area contributed by atoms with Gasteiger partial charge in [-0.3, -0.25) is 4.79 Å². The van der Waals surface area contributed by atoms with Crippen LogP contribution in [0.15, 0.2) is 48.0 Å². The molecule has 0 radical (unpaired) electrons. The molecule has 0 unspecified atom stereocenters. The van der Waals surface area contributed by atoms with Crippen LogP contribution >= 0.6 is 0 Å². The van der Waals surface area contributed by atoms with Gasteiger partial charge in [0.15, 0.2) is 0 Å². The van der Waals surface area contributed by atoms with Gasteiger partial charge in [-0.05, 0) is 75.7 Å². The number of allylic oxidation sites excluding steroid dienone is 1. The SMILES string of the molecule is CCN1c2cc(F)c(/C=C(\C#N)C(=O)Nc3ccc(OC)cc3)cc2C(C)=CC1(C)C. The Morgan fingerprint density at radius 1 is 1.29 bits per heavy atom. The monoisotopic (exact) mass is 419 g/mol. The third kappa shape index (κ3) is 4.46. The molecule has 1 amide bonds. The molecule has 0 saturated heterocycles. The van der Waals surface area contributed by atoms with Gasteiger partial charge in [0.25, 0.3) is 5.91 Å². The number of benzene rings is 2. The van der Waals surface area contributed by atoms with Crippen LogP contribution in [0.5, 0.6) is 5.75 Å². The van der Waals surface area contributed by atoms with Crippen molar-refractivity contribution < 1.29 is 13.9 Å². The van der Waals surface area contributed by atoms with E-state index in [4.69, 9.17) is 4.74 Å². The number of ether oxygens (including phenoxy) is 1. The lowest BCUT2D eigenvalue weighted by atomic mass is 9.87. The average molecular weight is 420 g/mol. The Balaban J connectivity index is 1.95. The fraction of sp³-hybridized carbons (Fsp3) is 0.280. The predicted molar refractivity (Wildman–Crippen MR) is 122 cm³/mol. The van der Waals surface area contributed by atoms with E-state index < -0.39 is 11.7 Å². The van der Waals surface area contributed by atoms with Crippen LogP contribution in [0.4, 0.5) is 15.8 Å². The normalized spacial score (nSPS) is 14.9. The molecule has 0 atom stereocenters. The maximum Gasteiger partial charge on any atom is 0.266 e. The summed E-state index contributed by atoms with van der Waals surface area (Å²) in [6.45, 7) is 8.92. The van der Waals surface area contributed by atoms with E-state index in [1.165, 1.54) is 12.1 Å². The first kappa shape index (κ1) is 22.1. The number of halogens is 1. The zero-order valence-electron chi connectivity index (χ0n) is 18.4. The van der Waals surface area contributed by atoms with Gasteiger partial charge in [0.1, 0.15) is 23.2 Å². The molecule has 0 fully saturated rings. The molecule has 31 heavy (non-hydrogen) atoms. The number of amides is 1. The number of nitriles is 1. The van der Waals surface area contributed by atoms with E-state index in [-0.39, 0.29) is 16.7 Å². The molecule has 0 spiro atoms. The van der Waals surface area contributed by atoms with E-state index in [9.17, 15) is 14.4 Å². The smallest absolute Gasteiger partial charge is 0.266 e. The molecule has 3 rings (SSSR count). The molecular formula is C25H26FN3O2. The van der Waals surface area contributed by atoms with E-state index in [2.05, 4.69) is 30.1 Å². The molecule has 2 aromatic rings. The summed E-state index contributed by atoms with van der Waals surface area (Å²) in [6.07, 6.45) is 3.43. The minimum Gasteiger partial charge on any atom is -0.497 e. The maximum atomic E-state index is 15.0. The molecule has 6 heteroatoms. The summed E-state index contributed by atoms with van der Waals surface area (Å²) in [5.74, 6) is -0.432.